The summed E-state index contributed by atoms with van der Waals surface area (Å²) in [6, 6.07) is 18.9. The SMILES string of the molecule is CC(C)(C)[C@H](c1nc(-c2ccccc2)cn1Cc1ccccc1)N(C[C@@H](F)CN)C(=O)N1CCN(S(C)(=O)=O)CC1. The van der Waals surface area contributed by atoms with Crippen LogP contribution in [0.1, 0.15) is 38.2 Å². The molecule has 1 aliphatic rings. The zero-order valence-electron chi connectivity index (χ0n) is 24.3. The van der Waals surface area contributed by atoms with Crippen LogP contribution in [0.2, 0.25) is 0 Å². The van der Waals surface area contributed by atoms with Gasteiger partial charge in [-0.05, 0) is 11.0 Å². The predicted molar refractivity (Wildman–Crippen MR) is 159 cm³/mol. The summed E-state index contributed by atoms with van der Waals surface area (Å²) in [7, 11) is -3.37. The van der Waals surface area contributed by atoms with Crippen LogP contribution in [0.3, 0.4) is 0 Å². The van der Waals surface area contributed by atoms with Crippen LogP contribution in [0, 0.1) is 5.41 Å². The van der Waals surface area contributed by atoms with Crippen molar-refractivity contribution in [2.45, 2.75) is 39.5 Å². The molecule has 1 fully saturated rings. The van der Waals surface area contributed by atoms with Crippen molar-refractivity contribution in [2.75, 3.05) is 45.5 Å². The van der Waals surface area contributed by atoms with Gasteiger partial charge in [-0.15, -0.1) is 0 Å². The van der Waals surface area contributed by atoms with Crippen LogP contribution in [-0.4, -0.2) is 89.8 Å². The molecule has 0 aliphatic carbocycles. The van der Waals surface area contributed by atoms with E-state index < -0.39 is 27.7 Å². The van der Waals surface area contributed by atoms with Gasteiger partial charge in [-0.2, -0.15) is 4.31 Å². The highest BCUT2D eigenvalue weighted by Crippen LogP contribution is 2.40. The largest absolute Gasteiger partial charge is 0.328 e. The highest BCUT2D eigenvalue weighted by Gasteiger charge is 2.41. The molecule has 3 aromatic rings. The maximum atomic E-state index is 15.1. The van der Waals surface area contributed by atoms with Crippen molar-refractivity contribution < 1.29 is 17.6 Å². The van der Waals surface area contributed by atoms with E-state index in [9.17, 15) is 13.2 Å². The topological polar surface area (TPSA) is 105 Å². The third-order valence-electron chi connectivity index (χ3n) is 7.32. The van der Waals surface area contributed by atoms with Gasteiger partial charge in [-0.3, -0.25) is 0 Å². The molecular formula is C30H41FN6O3S. The maximum absolute atomic E-state index is 15.1. The third kappa shape index (κ3) is 7.52. The standard InChI is InChI=1S/C30H41FN6O3S/c1-30(2,3)27(37(21-25(31)19-32)29(38)34-15-17-36(18-16-34)41(4,39)40)28-33-26(24-13-9-6-10-14-24)22-35(28)20-23-11-7-5-8-12-23/h5-14,22,25,27H,15-21,32H2,1-4H3/t25-,27-/m0/s1. The number of imidazole rings is 1. The second-order valence-corrected chi connectivity index (χ2v) is 13.6. The molecule has 11 heteroatoms. The van der Waals surface area contributed by atoms with Crippen molar-refractivity contribution in [1.29, 1.82) is 0 Å². The Balaban J connectivity index is 1.78. The van der Waals surface area contributed by atoms with Crippen molar-refractivity contribution in [3.63, 3.8) is 0 Å². The molecule has 0 saturated carbocycles. The molecule has 2 heterocycles. The number of urea groups is 1. The lowest BCUT2D eigenvalue weighted by molar-refractivity contribution is 0.0615. The summed E-state index contributed by atoms with van der Waals surface area (Å²) >= 11 is 0. The number of halogens is 1. The molecule has 0 spiro atoms. The molecule has 0 unspecified atom stereocenters. The van der Waals surface area contributed by atoms with Crippen molar-refractivity contribution in [2.24, 2.45) is 11.1 Å². The van der Waals surface area contributed by atoms with Gasteiger partial charge in [0.2, 0.25) is 10.0 Å². The van der Waals surface area contributed by atoms with Crippen molar-refractivity contribution in [1.82, 2.24) is 23.7 Å². The molecule has 2 aromatic carbocycles. The summed E-state index contributed by atoms with van der Waals surface area (Å²) in [6.45, 7) is 6.94. The van der Waals surface area contributed by atoms with Crippen molar-refractivity contribution in [3.8, 4) is 11.3 Å². The molecule has 222 valence electrons. The van der Waals surface area contributed by atoms with E-state index in [1.54, 1.807) is 9.80 Å². The van der Waals surface area contributed by atoms with Gasteiger partial charge in [-0.25, -0.2) is 22.6 Å². The van der Waals surface area contributed by atoms with Crippen LogP contribution in [0.25, 0.3) is 11.3 Å². The number of hydrogen-bond donors (Lipinski definition) is 1. The Morgan fingerprint density at radius 1 is 1.02 bits per heavy atom. The van der Waals surface area contributed by atoms with Crippen molar-refractivity contribution in [3.05, 3.63) is 78.2 Å². The van der Waals surface area contributed by atoms with Crippen LogP contribution < -0.4 is 5.73 Å². The van der Waals surface area contributed by atoms with Crippen LogP contribution in [0.4, 0.5) is 9.18 Å². The Hall–Kier alpha value is -3.28. The van der Waals surface area contributed by atoms with Crippen LogP contribution in [0.15, 0.2) is 66.9 Å². The molecule has 1 aliphatic heterocycles. The number of nitrogens with zero attached hydrogens (tertiary/aromatic N) is 5. The van der Waals surface area contributed by atoms with Crippen LogP contribution in [-0.2, 0) is 16.6 Å². The number of amides is 2. The first-order valence-corrected chi connectivity index (χ1v) is 15.7. The summed E-state index contributed by atoms with van der Waals surface area (Å²) in [6.07, 6.45) is 1.71. The minimum absolute atomic E-state index is 0.190. The quantitative estimate of drug-likeness (QED) is 0.410. The van der Waals surface area contributed by atoms with Gasteiger partial charge in [-0.1, -0.05) is 81.4 Å². The molecule has 4 rings (SSSR count). The number of carbonyl (C=O) groups is 1. The Labute approximate surface area is 242 Å². The minimum atomic E-state index is -3.37. The fourth-order valence-electron chi connectivity index (χ4n) is 5.27. The second kappa shape index (κ2) is 12.7. The Bertz CT molecular complexity index is 1400. The number of nitrogens with two attached hydrogens (primary N) is 1. The van der Waals surface area contributed by atoms with Crippen LogP contribution >= 0.6 is 0 Å². The Morgan fingerprint density at radius 3 is 2.15 bits per heavy atom. The van der Waals surface area contributed by atoms with Crippen LogP contribution in [0.5, 0.6) is 0 Å². The van der Waals surface area contributed by atoms with Gasteiger partial charge in [0.15, 0.2) is 0 Å². The van der Waals surface area contributed by atoms with E-state index in [-0.39, 0.29) is 45.3 Å². The Kier molecular flexibility index (Phi) is 9.51. The summed E-state index contributed by atoms with van der Waals surface area (Å²) in [5.41, 5.74) is 7.94. The number of alkyl halides is 1. The molecule has 9 nitrogen and oxygen atoms in total. The molecular weight excluding hydrogens is 543 g/mol. The predicted octanol–water partition coefficient (Wildman–Crippen LogP) is 3.98. The number of hydrogen-bond acceptors (Lipinski definition) is 5. The van der Waals surface area contributed by atoms with E-state index in [4.69, 9.17) is 10.7 Å². The lowest BCUT2D eigenvalue weighted by Gasteiger charge is -2.44. The normalized spacial score (nSPS) is 16.4. The summed E-state index contributed by atoms with van der Waals surface area (Å²) < 4.78 is 42.6. The minimum Gasteiger partial charge on any atom is -0.328 e. The van der Waals surface area contributed by atoms with Crippen molar-refractivity contribution >= 4 is 16.1 Å². The second-order valence-electron chi connectivity index (χ2n) is 11.6. The molecule has 2 atom stereocenters. The summed E-state index contributed by atoms with van der Waals surface area (Å²) in [5, 5.41) is 0. The number of sulfonamides is 1. The van der Waals surface area contributed by atoms with Gasteiger partial charge in [0, 0.05) is 51.0 Å². The summed E-state index contributed by atoms with van der Waals surface area (Å²) in [5.74, 6) is 0.646. The Morgan fingerprint density at radius 2 is 1.61 bits per heavy atom. The zero-order valence-corrected chi connectivity index (χ0v) is 25.1. The molecule has 0 bridgehead atoms. The van der Waals surface area contributed by atoms with E-state index in [0.29, 0.717) is 12.4 Å². The zero-order chi connectivity index (χ0) is 29.8. The number of piperazine rings is 1. The van der Waals surface area contributed by atoms with E-state index in [1.165, 1.54) is 4.31 Å². The molecule has 0 radical (unpaired) electrons. The lowest BCUT2D eigenvalue weighted by atomic mass is 9.84. The maximum Gasteiger partial charge on any atom is 0.320 e. The fourth-order valence-corrected chi connectivity index (χ4v) is 6.10. The highest BCUT2D eigenvalue weighted by molar-refractivity contribution is 7.88. The van der Waals surface area contributed by atoms with Gasteiger partial charge in [0.1, 0.15) is 12.0 Å². The summed E-state index contributed by atoms with van der Waals surface area (Å²) in [4.78, 5) is 22.4. The van der Waals surface area contributed by atoms with Gasteiger partial charge in [0.25, 0.3) is 0 Å². The first-order valence-electron chi connectivity index (χ1n) is 13.9. The number of benzene rings is 2. The van der Waals surface area contributed by atoms with E-state index >= 15 is 4.39 Å². The van der Waals surface area contributed by atoms with Gasteiger partial charge in [0.05, 0.1) is 24.5 Å². The number of carbonyl (C=O) groups excluding carboxylic acids is 1. The monoisotopic (exact) mass is 584 g/mol. The average molecular weight is 585 g/mol. The first-order chi connectivity index (χ1) is 19.4. The van der Waals surface area contributed by atoms with E-state index in [2.05, 4.69) is 0 Å². The number of aromatic nitrogens is 2. The molecule has 1 aromatic heterocycles. The smallest absolute Gasteiger partial charge is 0.320 e. The molecule has 2 N–H and O–H groups in total. The van der Waals surface area contributed by atoms with Gasteiger partial charge >= 0.3 is 6.03 Å². The highest BCUT2D eigenvalue weighted by atomic mass is 32.2. The third-order valence-corrected chi connectivity index (χ3v) is 8.63. The number of rotatable bonds is 9. The molecule has 1 saturated heterocycles. The molecule has 2 amide bonds. The lowest BCUT2D eigenvalue weighted by Crippen LogP contribution is -2.56. The average Bonchev–Trinajstić information content (AvgIpc) is 3.34. The molecule has 41 heavy (non-hydrogen) atoms. The fraction of sp³-hybridized carbons (Fsp3) is 0.467. The van der Waals surface area contributed by atoms with E-state index in [0.717, 1.165) is 23.1 Å². The van der Waals surface area contributed by atoms with E-state index in [1.807, 2.05) is 92.2 Å². The van der Waals surface area contributed by atoms with Gasteiger partial charge < -0.3 is 20.1 Å². The first kappa shape index (κ1) is 30.7.